The average Bonchev–Trinajstić information content (AvgIpc) is 2.99. The summed E-state index contributed by atoms with van der Waals surface area (Å²) >= 11 is 0. The Morgan fingerprint density at radius 2 is 2.05 bits per heavy atom. The quantitative estimate of drug-likeness (QED) is 0.550. The highest BCUT2D eigenvalue weighted by atomic mass is 15.0. The van der Waals surface area contributed by atoms with E-state index < -0.39 is 0 Å². The number of hydrogen-bond acceptors (Lipinski definition) is 4. The van der Waals surface area contributed by atoms with E-state index in [4.69, 9.17) is 5.73 Å². The maximum absolute atomic E-state index is 5.98. The highest BCUT2D eigenvalue weighted by Gasteiger charge is 2.03. The van der Waals surface area contributed by atoms with E-state index in [2.05, 4.69) is 19.9 Å². The minimum absolute atomic E-state index is 0.784. The highest BCUT2D eigenvalue weighted by molar-refractivity contribution is 6.00. The monoisotopic (exact) mass is 267 g/mol. The van der Waals surface area contributed by atoms with Crippen molar-refractivity contribution < 1.29 is 0 Å². The molecular weight excluding hydrogens is 250 g/mol. The molecule has 3 N–H and O–H groups in total. The average molecular weight is 267 g/mol. The summed E-state index contributed by atoms with van der Waals surface area (Å²) in [6.07, 6.45) is 10.3. The fourth-order valence-electron chi connectivity index (χ4n) is 2.27. The molecule has 0 fully saturated rings. The number of nitrogens with one attached hydrogen (secondary N) is 1. The van der Waals surface area contributed by atoms with E-state index in [9.17, 15) is 0 Å². The number of pyridine rings is 1. The number of aryl methyl sites for hydroxylation is 1. The van der Waals surface area contributed by atoms with Gasteiger partial charge in [0.25, 0.3) is 0 Å². The van der Waals surface area contributed by atoms with Crippen LogP contribution < -0.4 is 11.1 Å². The number of hydrogen-bond donors (Lipinski definition) is 2. The third kappa shape index (κ3) is 2.56. The van der Waals surface area contributed by atoms with Gasteiger partial charge in [-0.1, -0.05) is 0 Å². The molecule has 2 heterocycles. The number of anilines is 2. The van der Waals surface area contributed by atoms with Crippen molar-refractivity contribution in [3.8, 4) is 0 Å². The number of rotatable bonds is 5. The lowest BCUT2D eigenvalue weighted by Gasteiger charge is -2.11. The van der Waals surface area contributed by atoms with Gasteiger partial charge < -0.3 is 15.6 Å². The van der Waals surface area contributed by atoms with E-state index in [0.717, 1.165) is 41.7 Å². The second-order valence-electron chi connectivity index (χ2n) is 4.70. The molecule has 0 bridgehead atoms. The summed E-state index contributed by atoms with van der Waals surface area (Å²) in [5.41, 5.74) is 7.84. The van der Waals surface area contributed by atoms with Crippen molar-refractivity contribution in [2.45, 2.75) is 13.0 Å². The molecular formula is C15H17N5. The van der Waals surface area contributed by atoms with Crippen LogP contribution in [0.2, 0.25) is 0 Å². The molecule has 3 rings (SSSR count). The van der Waals surface area contributed by atoms with Gasteiger partial charge in [0, 0.05) is 60.0 Å². The van der Waals surface area contributed by atoms with E-state index in [-0.39, 0.29) is 0 Å². The van der Waals surface area contributed by atoms with Crippen LogP contribution in [0.1, 0.15) is 6.42 Å². The van der Waals surface area contributed by atoms with Crippen LogP contribution in [0, 0.1) is 0 Å². The van der Waals surface area contributed by atoms with Crippen molar-refractivity contribution >= 4 is 22.1 Å². The molecule has 0 saturated heterocycles. The summed E-state index contributed by atoms with van der Waals surface area (Å²) in [5.74, 6) is 0. The van der Waals surface area contributed by atoms with E-state index in [0.29, 0.717) is 0 Å². The summed E-state index contributed by atoms with van der Waals surface area (Å²) in [7, 11) is 0. The number of aromatic nitrogens is 3. The van der Waals surface area contributed by atoms with Crippen molar-refractivity contribution in [2.75, 3.05) is 17.6 Å². The summed E-state index contributed by atoms with van der Waals surface area (Å²) < 4.78 is 2.07. The fourth-order valence-corrected chi connectivity index (χ4v) is 2.27. The largest absolute Gasteiger partial charge is 0.398 e. The van der Waals surface area contributed by atoms with Gasteiger partial charge in [0.1, 0.15) is 0 Å². The standard InChI is InChI=1S/C15H17N5/c16-14-2-3-15(13-10-17-6-4-12(13)14)19-5-1-8-20-9-7-18-11-20/h2-4,6-7,9-11,19H,1,5,8,16H2. The first kappa shape index (κ1) is 12.5. The first-order valence-electron chi connectivity index (χ1n) is 6.66. The molecule has 5 heteroatoms. The predicted octanol–water partition coefficient (Wildman–Crippen LogP) is 2.52. The molecule has 102 valence electrons. The molecule has 0 aliphatic heterocycles. The van der Waals surface area contributed by atoms with E-state index in [1.807, 2.05) is 36.9 Å². The molecule has 0 unspecified atom stereocenters. The van der Waals surface area contributed by atoms with Gasteiger partial charge >= 0.3 is 0 Å². The molecule has 0 aliphatic carbocycles. The maximum Gasteiger partial charge on any atom is 0.0945 e. The van der Waals surface area contributed by atoms with Gasteiger partial charge in [0.15, 0.2) is 0 Å². The normalized spacial score (nSPS) is 10.8. The minimum Gasteiger partial charge on any atom is -0.398 e. The van der Waals surface area contributed by atoms with Crippen molar-refractivity contribution in [3.63, 3.8) is 0 Å². The molecule has 0 amide bonds. The third-order valence-corrected chi connectivity index (χ3v) is 3.32. The summed E-state index contributed by atoms with van der Waals surface area (Å²) in [5, 5.41) is 5.55. The van der Waals surface area contributed by atoms with Crippen molar-refractivity contribution in [3.05, 3.63) is 49.3 Å². The number of nitrogens with zero attached hydrogens (tertiary/aromatic N) is 3. The smallest absolute Gasteiger partial charge is 0.0945 e. The van der Waals surface area contributed by atoms with Crippen LogP contribution in [0.4, 0.5) is 11.4 Å². The summed E-state index contributed by atoms with van der Waals surface area (Å²) in [6, 6.07) is 5.89. The molecule has 0 saturated carbocycles. The highest BCUT2D eigenvalue weighted by Crippen LogP contribution is 2.27. The lowest BCUT2D eigenvalue weighted by atomic mass is 10.1. The van der Waals surface area contributed by atoms with Gasteiger partial charge in [-0.05, 0) is 24.6 Å². The van der Waals surface area contributed by atoms with Crippen LogP contribution in [-0.2, 0) is 6.54 Å². The number of fused-ring (bicyclic) bond motifs is 1. The summed E-state index contributed by atoms with van der Waals surface area (Å²) in [4.78, 5) is 8.21. The second-order valence-corrected chi connectivity index (χ2v) is 4.70. The van der Waals surface area contributed by atoms with Crippen LogP contribution in [-0.4, -0.2) is 21.1 Å². The zero-order chi connectivity index (χ0) is 13.8. The van der Waals surface area contributed by atoms with E-state index in [1.165, 1.54) is 0 Å². The predicted molar refractivity (Wildman–Crippen MR) is 81.5 cm³/mol. The Morgan fingerprint density at radius 3 is 2.90 bits per heavy atom. The Morgan fingerprint density at radius 1 is 1.10 bits per heavy atom. The number of imidazole rings is 1. The Bertz CT molecular complexity index is 691. The van der Waals surface area contributed by atoms with Crippen LogP contribution >= 0.6 is 0 Å². The second kappa shape index (κ2) is 5.61. The fraction of sp³-hybridized carbons (Fsp3) is 0.200. The molecule has 3 aromatic rings. The Labute approximate surface area is 117 Å². The zero-order valence-electron chi connectivity index (χ0n) is 11.2. The lowest BCUT2D eigenvalue weighted by molar-refractivity contribution is 0.661. The van der Waals surface area contributed by atoms with Crippen LogP contribution in [0.5, 0.6) is 0 Å². The molecule has 1 aromatic carbocycles. The molecule has 0 radical (unpaired) electrons. The Kier molecular flexibility index (Phi) is 3.50. The van der Waals surface area contributed by atoms with Gasteiger partial charge in [-0.3, -0.25) is 4.98 Å². The van der Waals surface area contributed by atoms with Gasteiger partial charge in [0.05, 0.1) is 6.33 Å². The van der Waals surface area contributed by atoms with Crippen molar-refractivity contribution in [1.82, 2.24) is 14.5 Å². The number of nitrogen functional groups attached to an aromatic ring is 1. The van der Waals surface area contributed by atoms with Crippen LogP contribution in [0.15, 0.2) is 49.3 Å². The van der Waals surface area contributed by atoms with Gasteiger partial charge in [-0.2, -0.15) is 0 Å². The lowest BCUT2D eigenvalue weighted by Crippen LogP contribution is -2.06. The summed E-state index contributed by atoms with van der Waals surface area (Å²) in [6.45, 7) is 1.85. The van der Waals surface area contributed by atoms with Gasteiger partial charge in [-0.25, -0.2) is 4.98 Å². The van der Waals surface area contributed by atoms with Gasteiger partial charge in [-0.15, -0.1) is 0 Å². The van der Waals surface area contributed by atoms with E-state index in [1.54, 1.807) is 12.4 Å². The zero-order valence-corrected chi connectivity index (χ0v) is 11.2. The molecule has 2 aromatic heterocycles. The molecule has 5 nitrogen and oxygen atoms in total. The van der Waals surface area contributed by atoms with Crippen LogP contribution in [0.3, 0.4) is 0 Å². The number of benzene rings is 1. The molecule has 20 heavy (non-hydrogen) atoms. The molecule has 0 spiro atoms. The van der Waals surface area contributed by atoms with E-state index >= 15 is 0 Å². The SMILES string of the molecule is Nc1ccc(NCCCn2ccnc2)c2cnccc12. The van der Waals surface area contributed by atoms with Crippen molar-refractivity contribution in [1.29, 1.82) is 0 Å². The first-order valence-corrected chi connectivity index (χ1v) is 6.66. The molecule has 0 aliphatic rings. The van der Waals surface area contributed by atoms with Crippen molar-refractivity contribution in [2.24, 2.45) is 0 Å². The van der Waals surface area contributed by atoms with Gasteiger partial charge in [0.2, 0.25) is 0 Å². The molecule has 0 atom stereocenters. The Balaban J connectivity index is 1.67. The van der Waals surface area contributed by atoms with Crippen LogP contribution in [0.25, 0.3) is 10.8 Å². The number of nitrogens with two attached hydrogens (primary N) is 1. The minimum atomic E-state index is 0.784. The Hall–Kier alpha value is -2.56. The third-order valence-electron chi connectivity index (χ3n) is 3.32. The maximum atomic E-state index is 5.98. The first-order chi connectivity index (χ1) is 9.84. The topological polar surface area (TPSA) is 68.8 Å².